The van der Waals surface area contributed by atoms with Crippen LogP contribution in [0.25, 0.3) is 10.8 Å². The van der Waals surface area contributed by atoms with Crippen LogP contribution >= 0.6 is 0 Å². The van der Waals surface area contributed by atoms with Gasteiger partial charge in [0.25, 0.3) is 0 Å². The maximum absolute atomic E-state index is 10.2. The summed E-state index contributed by atoms with van der Waals surface area (Å²) in [6.45, 7) is 3.99. The number of ether oxygens (including phenoxy) is 1. The molecule has 2 aromatic carbocycles. The number of hydrogen-bond donors (Lipinski definition) is 0. The topological polar surface area (TPSA) is 26.3 Å². The highest BCUT2D eigenvalue weighted by Gasteiger charge is 2.12. The van der Waals surface area contributed by atoms with E-state index in [2.05, 4.69) is 31.2 Å². The molecule has 0 aliphatic rings. The maximum atomic E-state index is 10.2. The molecule has 0 N–H and O–H groups in total. The first-order valence-corrected chi connectivity index (χ1v) is 5.83. The molecule has 0 spiro atoms. The Hall–Kier alpha value is -1.83. The Balaban J connectivity index is 2.42. The van der Waals surface area contributed by atoms with Crippen LogP contribution in [-0.2, 0) is 9.53 Å². The molecule has 17 heavy (non-hydrogen) atoms. The van der Waals surface area contributed by atoms with Crippen molar-refractivity contribution in [1.82, 2.24) is 0 Å². The van der Waals surface area contributed by atoms with Crippen LogP contribution in [0.4, 0.5) is 0 Å². The summed E-state index contributed by atoms with van der Waals surface area (Å²) in [6, 6.07) is 14.5. The van der Waals surface area contributed by atoms with Gasteiger partial charge in [0, 0.05) is 5.92 Å². The SMILES string of the molecule is CCC(CO[C]=O)c1cccc2ccccc12. The minimum absolute atomic E-state index is 0.238. The van der Waals surface area contributed by atoms with Gasteiger partial charge in [-0.25, -0.2) is 4.79 Å². The highest BCUT2D eigenvalue weighted by Crippen LogP contribution is 2.27. The number of benzene rings is 2. The lowest BCUT2D eigenvalue weighted by molar-refractivity contribution is 0.253. The zero-order valence-corrected chi connectivity index (χ0v) is 9.85. The molecule has 0 aliphatic carbocycles. The molecule has 0 bridgehead atoms. The van der Waals surface area contributed by atoms with Gasteiger partial charge in [-0.1, -0.05) is 49.4 Å². The van der Waals surface area contributed by atoms with Gasteiger partial charge in [0.2, 0.25) is 0 Å². The van der Waals surface area contributed by atoms with Crippen LogP contribution in [0.2, 0.25) is 0 Å². The van der Waals surface area contributed by atoms with Crippen molar-refractivity contribution in [3.8, 4) is 0 Å². The van der Waals surface area contributed by atoms with Crippen LogP contribution in [0.1, 0.15) is 24.8 Å². The second-order valence-electron chi connectivity index (χ2n) is 4.07. The molecule has 2 aromatic rings. The van der Waals surface area contributed by atoms with Gasteiger partial charge in [0.1, 0.15) is 0 Å². The summed E-state index contributed by atoms with van der Waals surface area (Å²) < 4.78 is 4.78. The first kappa shape index (κ1) is 11.6. The van der Waals surface area contributed by atoms with Crippen LogP contribution in [-0.4, -0.2) is 13.1 Å². The summed E-state index contributed by atoms with van der Waals surface area (Å²) in [6.07, 6.45) is 0.940. The Morgan fingerprint density at radius 3 is 2.71 bits per heavy atom. The molecule has 2 nitrogen and oxygen atoms in total. The van der Waals surface area contributed by atoms with Gasteiger partial charge in [0.15, 0.2) is 0 Å². The van der Waals surface area contributed by atoms with Gasteiger partial charge < -0.3 is 4.74 Å². The molecule has 0 amide bonds. The summed E-state index contributed by atoms with van der Waals surface area (Å²) in [5.41, 5.74) is 1.24. The third kappa shape index (κ3) is 2.47. The molecule has 2 heteroatoms. The molecule has 1 atom stereocenters. The van der Waals surface area contributed by atoms with Crippen molar-refractivity contribution in [3.05, 3.63) is 48.0 Å². The second kappa shape index (κ2) is 5.48. The van der Waals surface area contributed by atoms with Gasteiger partial charge in [-0.3, -0.25) is 0 Å². The molecular weight excluding hydrogens is 212 g/mol. The highest BCUT2D eigenvalue weighted by molar-refractivity contribution is 5.86. The highest BCUT2D eigenvalue weighted by atomic mass is 16.5. The van der Waals surface area contributed by atoms with E-state index in [1.165, 1.54) is 22.8 Å². The second-order valence-corrected chi connectivity index (χ2v) is 4.07. The van der Waals surface area contributed by atoms with Crippen molar-refractivity contribution in [2.75, 3.05) is 6.61 Å². The smallest absolute Gasteiger partial charge is 0.417 e. The van der Waals surface area contributed by atoms with Crippen molar-refractivity contribution < 1.29 is 9.53 Å². The predicted molar refractivity (Wildman–Crippen MR) is 68.6 cm³/mol. The van der Waals surface area contributed by atoms with E-state index in [9.17, 15) is 4.79 Å². The zero-order chi connectivity index (χ0) is 12.1. The molecule has 0 aromatic heterocycles. The van der Waals surface area contributed by atoms with Crippen LogP contribution in [0.5, 0.6) is 0 Å². The summed E-state index contributed by atoms with van der Waals surface area (Å²) in [4.78, 5) is 10.2. The van der Waals surface area contributed by atoms with Crippen LogP contribution < -0.4 is 0 Å². The molecule has 0 fully saturated rings. The Bertz CT molecular complexity index is 500. The third-order valence-corrected chi connectivity index (χ3v) is 3.10. The molecule has 0 saturated heterocycles. The Morgan fingerprint density at radius 1 is 1.18 bits per heavy atom. The van der Waals surface area contributed by atoms with E-state index in [0.717, 1.165) is 6.42 Å². The van der Waals surface area contributed by atoms with Crippen LogP contribution in [0, 0.1) is 0 Å². The lowest BCUT2D eigenvalue weighted by Crippen LogP contribution is -2.06. The Kier molecular flexibility index (Phi) is 3.76. The average molecular weight is 227 g/mol. The number of rotatable bonds is 5. The molecule has 0 saturated carbocycles. The summed E-state index contributed by atoms with van der Waals surface area (Å²) >= 11 is 0. The minimum atomic E-state index is 0.238. The normalized spacial score (nSPS) is 12.3. The van der Waals surface area contributed by atoms with Crippen LogP contribution in [0.3, 0.4) is 0 Å². The van der Waals surface area contributed by atoms with E-state index in [4.69, 9.17) is 4.74 Å². The monoisotopic (exact) mass is 227 g/mol. The molecule has 0 heterocycles. The van der Waals surface area contributed by atoms with Gasteiger partial charge in [-0.15, -0.1) is 0 Å². The lowest BCUT2D eigenvalue weighted by Gasteiger charge is -2.16. The van der Waals surface area contributed by atoms with Crippen molar-refractivity contribution in [3.63, 3.8) is 0 Å². The van der Waals surface area contributed by atoms with Crippen molar-refractivity contribution in [1.29, 1.82) is 0 Å². The van der Waals surface area contributed by atoms with Crippen molar-refractivity contribution in [2.45, 2.75) is 19.3 Å². The van der Waals surface area contributed by atoms with E-state index < -0.39 is 0 Å². The van der Waals surface area contributed by atoms with Gasteiger partial charge >= 0.3 is 6.47 Å². The summed E-state index contributed by atoms with van der Waals surface area (Å²) in [5, 5.41) is 2.45. The number of hydrogen-bond acceptors (Lipinski definition) is 2. The van der Waals surface area contributed by atoms with Gasteiger partial charge in [0.05, 0.1) is 6.61 Å². The molecule has 87 valence electrons. The maximum Gasteiger partial charge on any atom is 0.417 e. The first-order chi connectivity index (χ1) is 8.36. The summed E-state index contributed by atoms with van der Waals surface area (Å²) in [5.74, 6) is 0.238. The number of carbonyl (C=O) groups excluding carboxylic acids is 1. The fourth-order valence-corrected chi connectivity index (χ4v) is 2.17. The largest absolute Gasteiger partial charge is 0.457 e. The van der Waals surface area contributed by atoms with E-state index in [1.807, 2.05) is 18.2 Å². The van der Waals surface area contributed by atoms with E-state index in [-0.39, 0.29) is 5.92 Å². The zero-order valence-electron chi connectivity index (χ0n) is 9.85. The van der Waals surface area contributed by atoms with Gasteiger partial charge in [-0.2, -0.15) is 0 Å². The average Bonchev–Trinajstić information content (AvgIpc) is 2.40. The fraction of sp³-hybridized carbons (Fsp3) is 0.267. The first-order valence-electron chi connectivity index (χ1n) is 5.83. The third-order valence-electron chi connectivity index (χ3n) is 3.10. The minimum Gasteiger partial charge on any atom is -0.457 e. The Morgan fingerprint density at radius 2 is 1.94 bits per heavy atom. The lowest BCUT2D eigenvalue weighted by atomic mass is 9.92. The molecule has 0 aliphatic heterocycles. The number of fused-ring (bicyclic) bond motifs is 1. The molecule has 1 unspecified atom stereocenters. The van der Waals surface area contributed by atoms with E-state index >= 15 is 0 Å². The summed E-state index contributed by atoms with van der Waals surface area (Å²) in [7, 11) is 0. The fourth-order valence-electron chi connectivity index (χ4n) is 2.17. The molecule has 2 rings (SSSR count). The van der Waals surface area contributed by atoms with E-state index in [1.54, 1.807) is 0 Å². The van der Waals surface area contributed by atoms with E-state index in [0.29, 0.717) is 6.61 Å². The predicted octanol–water partition coefficient (Wildman–Crippen LogP) is 3.42. The van der Waals surface area contributed by atoms with Crippen LogP contribution in [0.15, 0.2) is 42.5 Å². The van der Waals surface area contributed by atoms with Gasteiger partial charge in [-0.05, 0) is 22.8 Å². The standard InChI is InChI=1S/C15H15O2/c1-2-12(10-17-11-16)14-9-5-7-13-6-3-4-8-15(13)14/h3-9,12H,2,10H2,1H3. The molecular formula is C15H15O2. The van der Waals surface area contributed by atoms with Crippen molar-refractivity contribution in [2.24, 2.45) is 0 Å². The quantitative estimate of drug-likeness (QED) is 0.782. The van der Waals surface area contributed by atoms with Crippen molar-refractivity contribution >= 4 is 17.2 Å². The Labute approximate surface area is 101 Å². The molecule has 1 radical (unpaired) electrons.